The average molecular weight is 279 g/mol. The number of nitrogens with two attached hydrogens (primary N) is 1. The summed E-state index contributed by atoms with van der Waals surface area (Å²) in [6.07, 6.45) is 3.65. The fourth-order valence-corrected chi connectivity index (χ4v) is 1.97. The van der Waals surface area contributed by atoms with Gasteiger partial charge in [0.05, 0.1) is 6.20 Å². The molecule has 0 aliphatic carbocycles. The number of hydrogen-bond donors (Lipinski definition) is 2. The summed E-state index contributed by atoms with van der Waals surface area (Å²) in [5, 5.41) is 16.0. The first kappa shape index (κ1) is 12.9. The van der Waals surface area contributed by atoms with Crippen LogP contribution in [0.25, 0.3) is 16.9 Å². The molecule has 6 heteroatoms. The molecule has 3 N–H and O–H groups in total. The van der Waals surface area contributed by atoms with E-state index in [1.54, 1.807) is 29.1 Å². The van der Waals surface area contributed by atoms with E-state index in [4.69, 9.17) is 10.9 Å². The molecule has 0 unspecified atom stereocenters. The molecule has 3 aromatic rings. The number of benzene rings is 1. The molecule has 0 aliphatic rings. The van der Waals surface area contributed by atoms with Crippen LogP contribution in [0.3, 0.4) is 0 Å². The largest absolute Gasteiger partial charge is 0.409 e. The molecule has 0 fully saturated rings. The first-order valence-corrected chi connectivity index (χ1v) is 6.33. The van der Waals surface area contributed by atoms with Crippen molar-refractivity contribution in [3.05, 3.63) is 66.6 Å². The zero-order valence-electron chi connectivity index (χ0n) is 11.1. The van der Waals surface area contributed by atoms with E-state index in [9.17, 15) is 0 Å². The van der Waals surface area contributed by atoms with Crippen LogP contribution in [0.4, 0.5) is 0 Å². The maximum Gasteiger partial charge on any atom is 0.188 e. The van der Waals surface area contributed by atoms with Crippen LogP contribution >= 0.6 is 0 Å². The van der Waals surface area contributed by atoms with Crippen molar-refractivity contribution in [1.29, 1.82) is 0 Å². The smallest absolute Gasteiger partial charge is 0.188 e. The van der Waals surface area contributed by atoms with E-state index in [0.29, 0.717) is 11.5 Å². The maximum absolute atomic E-state index is 8.70. The highest BCUT2D eigenvalue weighted by Crippen LogP contribution is 2.19. The highest BCUT2D eigenvalue weighted by Gasteiger charge is 2.06. The highest BCUT2D eigenvalue weighted by molar-refractivity contribution is 5.95. The molecule has 21 heavy (non-hydrogen) atoms. The molecule has 2 heterocycles. The molecule has 0 saturated heterocycles. The predicted molar refractivity (Wildman–Crippen MR) is 79.3 cm³/mol. The van der Waals surface area contributed by atoms with Gasteiger partial charge in [0.25, 0.3) is 0 Å². The van der Waals surface area contributed by atoms with E-state index in [-0.39, 0.29) is 5.84 Å². The van der Waals surface area contributed by atoms with E-state index in [1.807, 2.05) is 36.5 Å². The van der Waals surface area contributed by atoms with Crippen molar-refractivity contribution in [1.82, 2.24) is 14.8 Å². The molecule has 1 aromatic carbocycles. The van der Waals surface area contributed by atoms with Crippen molar-refractivity contribution >= 4 is 5.84 Å². The van der Waals surface area contributed by atoms with Crippen molar-refractivity contribution in [2.24, 2.45) is 10.9 Å². The van der Waals surface area contributed by atoms with Crippen LogP contribution < -0.4 is 5.73 Å². The van der Waals surface area contributed by atoms with E-state index >= 15 is 0 Å². The van der Waals surface area contributed by atoms with Gasteiger partial charge in [-0.05, 0) is 17.7 Å². The topological polar surface area (TPSA) is 89.3 Å². The summed E-state index contributed by atoms with van der Waals surface area (Å²) in [6.45, 7) is 0. The fourth-order valence-electron chi connectivity index (χ4n) is 1.97. The Bertz CT molecular complexity index is 780. The number of pyridine rings is 1. The third-order valence-corrected chi connectivity index (χ3v) is 3.03. The van der Waals surface area contributed by atoms with E-state index in [1.165, 1.54) is 0 Å². The number of aromatic nitrogens is 3. The minimum Gasteiger partial charge on any atom is -0.409 e. The number of nitrogens with zero attached hydrogens (tertiary/aromatic N) is 4. The molecule has 0 aliphatic heterocycles. The molecule has 6 nitrogen and oxygen atoms in total. The second-order valence-corrected chi connectivity index (χ2v) is 4.41. The van der Waals surface area contributed by atoms with Gasteiger partial charge in [-0.3, -0.25) is 0 Å². The van der Waals surface area contributed by atoms with Crippen LogP contribution in [0.5, 0.6) is 0 Å². The third kappa shape index (κ3) is 2.59. The van der Waals surface area contributed by atoms with Gasteiger partial charge in [-0.15, -0.1) is 0 Å². The summed E-state index contributed by atoms with van der Waals surface area (Å²) in [4.78, 5) is 4.31. The summed E-state index contributed by atoms with van der Waals surface area (Å²) in [5.74, 6) is 0.563. The summed E-state index contributed by atoms with van der Waals surface area (Å²) in [5.41, 5.74) is 8.01. The van der Waals surface area contributed by atoms with Gasteiger partial charge in [0.1, 0.15) is 5.69 Å². The molecule has 0 saturated carbocycles. The summed E-state index contributed by atoms with van der Waals surface area (Å²) < 4.78 is 1.65. The van der Waals surface area contributed by atoms with Crippen molar-refractivity contribution in [3.8, 4) is 16.9 Å². The van der Waals surface area contributed by atoms with E-state index < -0.39 is 0 Å². The van der Waals surface area contributed by atoms with Gasteiger partial charge in [0.2, 0.25) is 0 Å². The van der Waals surface area contributed by atoms with Gasteiger partial charge >= 0.3 is 0 Å². The van der Waals surface area contributed by atoms with Gasteiger partial charge in [0.15, 0.2) is 11.7 Å². The monoisotopic (exact) mass is 279 g/mol. The molecular weight excluding hydrogens is 266 g/mol. The molecule has 0 atom stereocenters. The van der Waals surface area contributed by atoms with Crippen molar-refractivity contribution in [2.45, 2.75) is 0 Å². The Morgan fingerprint density at radius 2 is 1.86 bits per heavy atom. The molecule has 3 rings (SSSR count). The Kier molecular flexibility index (Phi) is 3.34. The van der Waals surface area contributed by atoms with Crippen LogP contribution in [0.15, 0.2) is 66.1 Å². The minimum absolute atomic E-state index is 0.0349. The second-order valence-electron chi connectivity index (χ2n) is 4.41. The lowest BCUT2D eigenvalue weighted by Crippen LogP contribution is -2.16. The lowest BCUT2D eigenvalue weighted by atomic mass is 10.1. The van der Waals surface area contributed by atoms with E-state index in [2.05, 4.69) is 15.2 Å². The van der Waals surface area contributed by atoms with Crippen molar-refractivity contribution < 1.29 is 5.21 Å². The van der Waals surface area contributed by atoms with Crippen molar-refractivity contribution in [2.75, 3.05) is 0 Å². The summed E-state index contributed by atoms with van der Waals surface area (Å²) in [7, 11) is 0. The van der Waals surface area contributed by atoms with Crippen LogP contribution in [0.2, 0.25) is 0 Å². The molecule has 2 aromatic heterocycles. The zero-order chi connectivity index (χ0) is 14.7. The first-order chi connectivity index (χ1) is 10.3. The first-order valence-electron chi connectivity index (χ1n) is 6.33. The quantitative estimate of drug-likeness (QED) is 0.332. The summed E-state index contributed by atoms with van der Waals surface area (Å²) >= 11 is 0. The van der Waals surface area contributed by atoms with Crippen LogP contribution in [-0.4, -0.2) is 25.8 Å². The maximum atomic E-state index is 8.70. The number of rotatable bonds is 3. The molecule has 0 radical (unpaired) electrons. The predicted octanol–water partition coefficient (Wildman–Crippen LogP) is 2.03. The van der Waals surface area contributed by atoms with Gasteiger partial charge in [-0.1, -0.05) is 41.6 Å². The van der Waals surface area contributed by atoms with Crippen LogP contribution in [0, 0.1) is 0 Å². The van der Waals surface area contributed by atoms with Gasteiger partial charge in [0, 0.05) is 11.8 Å². The van der Waals surface area contributed by atoms with Crippen molar-refractivity contribution in [3.63, 3.8) is 0 Å². The van der Waals surface area contributed by atoms with E-state index in [0.717, 1.165) is 11.1 Å². The standard InChI is InChI=1S/C15H13N5O/c16-15(19-21)13-7-4-8-14(18-13)20-10-12(9-17-20)11-5-2-1-3-6-11/h1-10,21H,(H2,16,19). The van der Waals surface area contributed by atoms with Crippen LogP contribution in [0.1, 0.15) is 5.69 Å². The van der Waals surface area contributed by atoms with Gasteiger partial charge < -0.3 is 10.9 Å². The Balaban J connectivity index is 1.97. The number of hydrogen-bond acceptors (Lipinski definition) is 4. The highest BCUT2D eigenvalue weighted by atomic mass is 16.4. The molecule has 0 amide bonds. The summed E-state index contributed by atoms with van der Waals surface area (Å²) in [6, 6.07) is 15.2. The SMILES string of the molecule is NC(=NO)c1cccc(-n2cc(-c3ccccc3)cn2)n1. The molecule has 0 spiro atoms. The normalized spacial score (nSPS) is 11.5. The molecular formula is C15H13N5O. The molecule has 0 bridgehead atoms. The van der Waals surface area contributed by atoms with Gasteiger partial charge in [-0.2, -0.15) is 5.10 Å². The number of oxime groups is 1. The average Bonchev–Trinajstić information content (AvgIpc) is 3.05. The molecule has 104 valence electrons. The van der Waals surface area contributed by atoms with Gasteiger partial charge in [-0.25, -0.2) is 9.67 Å². The second kappa shape index (κ2) is 5.46. The minimum atomic E-state index is -0.0349. The Hall–Kier alpha value is -3.15. The number of amidine groups is 1. The fraction of sp³-hybridized carbons (Fsp3) is 0. The van der Waals surface area contributed by atoms with Crippen LogP contribution in [-0.2, 0) is 0 Å². The Morgan fingerprint density at radius 3 is 2.62 bits per heavy atom. The lowest BCUT2D eigenvalue weighted by molar-refractivity contribution is 0.318. The Labute approximate surface area is 121 Å². The zero-order valence-corrected chi connectivity index (χ0v) is 11.1. The Morgan fingerprint density at radius 1 is 1.05 bits per heavy atom. The lowest BCUT2D eigenvalue weighted by Gasteiger charge is -2.03. The third-order valence-electron chi connectivity index (χ3n) is 3.03.